The molecular formula is C8H8N2O6S. The summed E-state index contributed by atoms with van der Waals surface area (Å²) in [5.74, 6) is -0.890. The predicted octanol–water partition coefficient (Wildman–Crippen LogP) is 0.0288. The van der Waals surface area contributed by atoms with Gasteiger partial charge in [-0.1, -0.05) is 0 Å². The first-order chi connectivity index (χ1) is 7.75. The number of carbonyl (C=O) groups is 1. The van der Waals surface area contributed by atoms with E-state index >= 15 is 0 Å². The number of nitro groups is 1. The third-order valence-corrected chi connectivity index (χ3v) is 2.74. The molecule has 0 aliphatic rings. The molecule has 9 heteroatoms. The first-order valence-corrected chi connectivity index (χ1v) is 5.71. The summed E-state index contributed by atoms with van der Waals surface area (Å²) < 4.78 is 26.5. The van der Waals surface area contributed by atoms with Crippen LogP contribution in [0.3, 0.4) is 0 Å². The Kier molecular flexibility index (Phi) is 3.44. The maximum atomic E-state index is 11.2. The molecule has 1 aromatic carbocycles. The van der Waals surface area contributed by atoms with Crippen LogP contribution in [-0.4, -0.2) is 26.4 Å². The lowest BCUT2D eigenvalue weighted by atomic mass is 10.2. The van der Waals surface area contributed by atoms with Gasteiger partial charge in [-0.2, -0.15) is 0 Å². The summed E-state index contributed by atoms with van der Waals surface area (Å²) in [6.07, 6.45) is 0. The van der Waals surface area contributed by atoms with Gasteiger partial charge in [0.15, 0.2) is 0 Å². The number of rotatable bonds is 3. The molecule has 0 saturated carbocycles. The second kappa shape index (κ2) is 4.47. The molecule has 0 unspecified atom stereocenters. The zero-order valence-electron chi connectivity index (χ0n) is 8.61. The van der Waals surface area contributed by atoms with Crippen LogP contribution >= 0.6 is 0 Å². The molecule has 1 aromatic rings. The van der Waals surface area contributed by atoms with E-state index in [4.69, 9.17) is 5.14 Å². The Morgan fingerprint density at radius 3 is 2.41 bits per heavy atom. The minimum absolute atomic E-state index is 0.259. The largest absolute Gasteiger partial charge is 0.465 e. The molecule has 8 nitrogen and oxygen atoms in total. The third-order valence-electron chi connectivity index (χ3n) is 1.85. The normalized spacial score (nSPS) is 10.9. The van der Waals surface area contributed by atoms with Gasteiger partial charge in [0.2, 0.25) is 10.0 Å². The molecule has 17 heavy (non-hydrogen) atoms. The Balaban J connectivity index is 3.50. The zero-order valence-corrected chi connectivity index (χ0v) is 9.43. The van der Waals surface area contributed by atoms with Crippen molar-refractivity contribution in [1.82, 2.24) is 0 Å². The molecule has 0 aliphatic heterocycles. The molecule has 0 fully saturated rings. The number of esters is 1. The van der Waals surface area contributed by atoms with Gasteiger partial charge in [0, 0.05) is 12.1 Å². The smallest absolute Gasteiger partial charge is 0.338 e. The molecule has 0 bridgehead atoms. The third kappa shape index (κ3) is 2.98. The van der Waals surface area contributed by atoms with E-state index < -0.39 is 31.5 Å². The average molecular weight is 260 g/mol. The minimum atomic E-state index is -4.14. The Hall–Kier alpha value is -2.00. The van der Waals surface area contributed by atoms with E-state index in [-0.39, 0.29) is 5.56 Å². The fourth-order valence-electron chi connectivity index (χ4n) is 1.09. The topological polar surface area (TPSA) is 130 Å². The lowest BCUT2D eigenvalue weighted by Gasteiger charge is -2.02. The van der Waals surface area contributed by atoms with Crippen molar-refractivity contribution in [3.63, 3.8) is 0 Å². The zero-order chi connectivity index (χ0) is 13.2. The summed E-state index contributed by atoms with van der Waals surface area (Å²) in [4.78, 5) is 20.4. The van der Waals surface area contributed by atoms with Crippen LogP contribution in [0.25, 0.3) is 0 Å². The molecule has 0 radical (unpaired) electrons. The van der Waals surface area contributed by atoms with E-state index in [9.17, 15) is 23.3 Å². The number of nitro benzene ring substituents is 1. The lowest BCUT2D eigenvalue weighted by molar-refractivity contribution is -0.385. The first kappa shape index (κ1) is 13.1. The van der Waals surface area contributed by atoms with Gasteiger partial charge >= 0.3 is 5.97 Å². The van der Waals surface area contributed by atoms with Crippen LogP contribution < -0.4 is 5.14 Å². The number of primary sulfonamides is 1. The van der Waals surface area contributed by atoms with Crippen molar-refractivity contribution in [2.75, 3.05) is 7.11 Å². The number of carbonyl (C=O) groups excluding carboxylic acids is 1. The summed E-state index contributed by atoms with van der Waals surface area (Å²) in [5, 5.41) is 15.4. The van der Waals surface area contributed by atoms with Crippen molar-refractivity contribution < 1.29 is 22.9 Å². The van der Waals surface area contributed by atoms with Gasteiger partial charge in [0.25, 0.3) is 5.69 Å². The highest BCUT2D eigenvalue weighted by Crippen LogP contribution is 2.20. The maximum absolute atomic E-state index is 11.2. The quantitative estimate of drug-likeness (QED) is 0.463. The van der Waals surface area contributed by atoms with Crippen molar-refractivity contribution >= 4 is 21.7 Å². The van der Waals surface area contributed by atoms with Gasteiger partial charge in [-0.3, -0.25) is 10.1 Å². The molecule has 0 atom stereocenters. The van der Waals surface area contributed by atoms with E-state index in [2.05, 4.69) is 4.74 Å². The minimum Gasteiger partial charge on any atom is -0.465 e. The van der Waals surface area contributed by atoms with E-state index in [1.165, 1.54) is 0 Å². The van der Waals surface area contributed by atoms with E-state index in [1.54, 1.807) is 0 Å². The number of non-ortho nitro benzene ring substituents is 1. The number of methoxy groups -OCH3 is 1. The van der Waals surface area contributed by atoms with Crippen molar-refractivity contribution in [3.8, 4) is 0 Å². The highest BCUT2D eigenvalue weighted by Gasteiger charge is 2.19. The predicted molar refractivity (Wildman–Crippen MR) is 55.8 cm³/mol. The summed E-state index contributed by atoms with van der Waals surface area (Å²) in [5.41, 5.74) is -0.817. The van der Waals surface area contributed by atoms with Crippen LogP contribution in [0.5, 0.6) is 0 Å². The number of hydrogen-bond acceptors (Lipinski definition) is 6. The lowest BCUT2D eigenvalue weighted by Crippen LogP contribution is -2.14. The number of benzene rings is 1. The highest BCUT2D eigenvalue weighted by atomic mass is 32.2. The molecule has 1 rings (SSSR count). The Morgan fingerprint density at radius 1 is 1.41 bits per heavy atom. The summed E-state index contributed by atoms with van der Waals surface area (Å²) >= 11 is 0. The molecule has 0 spiro atoms. The number of nitrogens with two attached hydrogens (primary N) is 1. The van der Waals surface area contributed by atoms with Gasteiger partial charge in [0.1, 0.15) is 0 Å². The van der Waals surface area contributed by atoms with Crippen LogP contribution in [0.2, 0.25) is 0 Å². The van der Waals surface area contributed by atoms with Crippen LogP contribution in [0.15, 0.2) is 23.1 Å². The van der Waals surface area contributed by atoms with Crippen LogP contribution in [-0.2, 0) is 14.8 Å². The molecule has 0 saturated heterocycles. The van der Waals surface area contributed by atoms with Crippen molar-refractivity contribution in [2.45, 2.75) is 4.90 Å². The monoisotopic (exact) mass is 260 g/mol. The molecule has 0 aliphatic carbocycles. The van der Waals surface area contributed by atoms with Gasteiger partial charge in [-0.25, -0.2) is 18.4 Å². The van der Waals surface area contributed by atoms with Gasteiger partial charge in [0.05, 0.1) is 22.5 Å². The SMILES string of the molecule is COC(=O)c1cc([N+](=O)[O-])cc(S(N)(=O)=O)c1. The van der Waals surface area contributed by atoms with Crippen LogP contribution in [0.1, 0.15) is 10.4 Å². The van der Waals surface area contributed by atoms with Gasteiger partial charge < -0.3 is 4.74 Å². The van der Waals surface area contributed by atoms with Crippen molar-refractivity contribution in [1.29, 1.82) is 0 Å². The molecule has 2 N–H and O–H groups in total. The molecule has 0 aromatic heterocycles. The Labute approximate surface area is 96.2 Å². The summed E-state index contributed by atoms with van der Waals surface area (Å²) in [6.45, 7) is 0. The second-order valence-corrected chi connectivity index (χ2v) is 4.57. The number of hydrogen-bond donors (Lipinski definition) is 1. The van der Waals surface area contributed by atoms with E-state index in [1.807, 2.05) is 0 Å². The summed E-state index contributed by atoms with van der Waals surface area (Å²) in [7, 11) is -3.07. The van der Waals surface area contributed by atoms with Crippen LogP contribution in [0.4, 0.5) is 5.69 Å². The van der Waals surface area contributed by atoms with Gasteiger partial charge in [-0.05, 0) is 6.07 Å². The Morgan fingerprint density at radius 2 is 2.00 bits per heavy atom. The van der Waals surface area contributed by atoms with E-state index in [0.29, 0.717) is 0 Å². The number of sulfonamides is 1. The maximum Gasteiger partial charge on any atom is 0.338 e. The molecule has 92 valence electrons. The fraction of sp³-hybridized carbons (Fsp3) is 0.125. The van der Waals surface area contributed by atoms with E-state index in [0.717, 1.165) is 25.3 Å². The molecular weight excluding hydrogens is 252 g/mol. The molecule has 0 heterocycles. The standard InChI is InChI=1S/C8H8N2O6S/c1-16-8(11)5-2-6(10(12)13)4-7(3-5)17(9,14)15/h2-4H,1H3,(H2,9,14,15). The van der Waals surface area contributed by atoms with Gasteiger partial charge in [-0.15, -0.1) is 0 Å². The van der Waals surface area contributed by atoms with Crippen molar-refractivity contribution in [3.05, 3.63) is 33.9 Å². The van der Waals surface area contributed by atoms with Crippen LogP contribution in [0, 0.1) is 10.1 Å². The van der Waals surface area contributed by atoms with Crippen molar-refractivity contribution in [2.24, 2.45) is 5.14 Å². The summed E-state index contributed by atoms with van der Waals surface area (Å²) in [6, 6.07) is 2.58. The molecule has 0 amide bonds. The Bertz CT molecular complexity index is 580. The second-order valence-electron chi connectivity index (χ2n) is 3.01. The first-order valence-electron chi connectivity index (χ1n) is 4.16. The fourth-order valence-corrected chi connectivity index (χ4v) is 1.66. The average Bonchev–Trinajstić information content (AvgIpc) is 2.26. The highest BCUT2D eigenvalue weighted by molar-refractivity contribution is 7.89. The number of nitrogens with zero attached hydrogens (tertiary/aromatic N) is 1. The number of ether oxygens (including phenoxy) is 1.